The van der Waals surface area contributed by atoms with Crippen molar-refractivity contribution < 1.29 is 9.13 Å². The van der Waals surface area contributed by atoms with Crippen LogP contribution in [0.25, 0.3) is 0 Å². The first-order valence-corrected chi connectivity index (χ1v) is 8.20. The summed E-state index contributed by atoms with van der Waals surface area (Å²) in [5.41, 5.74) is 0.893. The van der Waals surface area contributed by atoms with Crippen LogP contribution in [0.1, 0.15) is 30.1 Å². The van der Waals surface area contributed by atoms with Crippen molar-refractivity contribution in [2.45, 2.75) is 36.2 Å². The fourth-order valence-corrected chi connectivity index (χ4v) is 3.20. The molecule has 2 aromatic rings. The molecule has 1 fully saturated rings. The summed E-state index contributed by atoms with van der Waals surface area (Å²) in [6.45, 7) is 4.50. The molecule has 1 aliphatic rings. The molecule has 3 rings (SSSR count). The van der Waals surface area contributed by atoms with Gasteiger partial charge in [-0.25, -0.2) is 4.39 Å². The third kappa shape index (κ3) is 3.16. The quantitative estimate of drug-likeness (QED) is 0.575. The highest BCUT2D eigenvalue weighted by Crippen LogP contribution is 2.40. The van der Waals surface area contributed by atoms with Gasteiger partial charge in [0.25, 0.3) is 0 Å². The van der Waals surface area contributed by atoms with Gasteiger partial charge in [0.05, 0.1) is 7.11 Å². The second kappa shape index (κ2) is 6.52. The Morgan fingerprint density at radius 1 is 1.45 bits per heavy atom. The van der Waals surface area contributed by atoms with Crippen LogP contribution in [0.15, 0.2) is 36.0 Å². The fourth-order valence-electron chi connectivity index (χ4n) is 2.30. The Bertz CT molecular complexity index is 682. The maximum absolute atomic E-state index is 13.7. The zero-order valence-electron chi connectivity index (χ0n) is 12.5. The van der Waals surface area contributed by atoms with Crippen LogP contribution in [0.4, 0.5) is 4.39 Å². The van der Waals surface area contributed by atoms with Crippen molar-refractivity contribution in [2.75, 3.05) is 7.11 Å². The van der Waals surface area contributed by atoms with Crippen LogP contribution < -0.4 is 4.74 Å². The van der Waals surface area contributed by atoms with Crippen LogP contribution in [0, 0.1) is 5.82 Å². The normalized spacial score (nSPS) is 14.1. The number of hydrogen-bond donors (Lipinski definition) is 0. The van der Waals surface area contributed by atoms with E-state index in [9.17, 15) is 4.39 Å². The molecular formula is C16H18FN3OS. The molecule has 0 aliphatic heterocycles. The number of halogens is 1. The first kappa shape index (κ1) is 15.1. The molecule has 4 nitrogen and oxygen atoms in total. The van der Waals surface area contributed by atoms with E-state index in [1.165, 1.54) is 26.0 Å². The predicted octanol–water partition coefficient (Wildman–Crippen LogP) is 3.78. The average Bonchev–Trinajstić information content (AvgIpc) is 3.28. The van der Waals surface area contributed by atoms with E-state index in [1.807, 2.05) is 12.1 Å². The number of nitrogens with zero attached hydrogens (tertiary/aromatic N) is 3. The smallest absolute Gasteiger partial charge is 0.191 e. The minimum absolute atomic E-state index is 0.264. The molecule has 0 saturated heterocycles. The topological polar surface area (TPSA) is 39.9 Å². The van der Waals surface area contributed by atoms with Gasteiger partial charge in [0.15, 0.2) is 16.7 Å². The van der Waals surface area contributed by atoms with Gasteiger partial charge in [-0.3, -0.25) is 0 Å². The van der Waals surface area contributed by atoms with E-state index in [0.29, 0.717) is 18.2 Å². The van der Waals surface area contributed by atoms with E-state index in [0.717, 1.165) is 16.5 Å². The molecule has 1 heterocycles. The van der Waals surface area contributed by atoms with Gasteiger partial charge in [-0.05, 0) is 30.5 Å². The highest BCUT2D eigenvalue weighted by atomic mass is 32.2. The van der Waals surface area contributed by atoms with Gasteiger partial charge >= 0.3 is 0 Å². The number of rotatable bonds is 7. The van der Waals surface area contributed by atoms with Gasteiger partial charge < -0.3 is 9.30 Å². The Kier molecular flexibility index (Phi) is 4.47. The van der Waals surface area contributed by atoms with Gasteiger partial charge in [-0.2, -0.15) is 0 Å². The lowest BCUT2D eigenvalue weighted by atomic mass is 10.2. The molecule has 0 spiro atoms. The van der Waals surface area contributed by atoms with E-state index in [2.05, 4.69) is 21.3 Å². The monoisotopic (exact) mass is 319 g/mol. The van der Waals surface area contributed by atoms with Gasteiger partial charge in [0.1, 0.15) is 5.82 Å². The molecule has 1 aromatic heterocycles. The van der Waals surface area contributed by atoms with Crippen molar-refractivity contribution in [3.8, 4) is 5.75 Å². The SMILES string of the molecule is C=CCn1c(SCc2ccc(OC)c(F)c2)nnc1C1CC1. The molecule has 0 radical (unpaired) electrons. The summed E-state index contributed by atoms with van der Waals surface area (Å²) in [6.07, 6.45) is 4.22. The number of aromatic nitrogens is 3. The van der Waals surface area contributed by atoms with Gasteiger partial charge in [-0.1, -0.05) is 23.9 Å². The van der Waals surface area contributed by atoms with Gasteiger partial charge in [0.2, 0.25) is 0 Å². The lowest BCUT2D eigenvalue weighted by Crippen LogP contribution is -2.02. The van der Waals surface area contributed by atoms with Crippen molar-refractivity contribution in [1.82, 2.24) is 14.8 Å². The summed E-state index contributed by atoms with van der Waals surface area (Å²) in [4.78, 5) is 0. The molecule has 22 heavy (non-hydrogen) atoms. The zero-order chi connectivity index (χ0) is 15.5. The zero-order valence-corrected chi connectivity index (χ0v) is 13.3. The molecule has 1 aliphatic carbocycles. The Hall–Kier alpha value is -1.82. The van der Waals surface area contributed by atoms with E-state index in [1.54, 1.807) is 17.8 Å². The standard InChI is InChI=1S/C16H18FN3OS/c1-3-8-20-15(12-5-6-12)18-19-16(20)22-10-11-4-7-14(21-2)13(17)9-11/h3-4,7,9,12H,1,5-6,8,10H2,2H3. The highest BCUT2D eigenvalue weighted by Gasteiger charge is 2.30. The Balaban J connectivity index is 1.73. The number of thioether (sulfide) groups is 1. The van der Waals surface area contributed by atoms with E-state index in [4.69, 9.17) is 4.74 Å². The molecule has 0 unspecified atom stereocenters. The molecular weight excluding hydrogens is 301 g/mol. The lowest BCUT2D eigenvalue weighted by molar-refractivity contribution is 0.386. The summed E-state index contributed by atoms with van der Waals surface area (Å²) in [7, 11) is 1.46. The molecule has 0 N–H and O–H groups in total. The van der Waals surface area contributed by atoms with Crippen LogP contribution in [-0.4, -0.2) is 21.9 Å². The van der Waals surface area contributed by atoms with Crippen LogP contribution in [-0.2, 0) is 12.3 Å². The summed E-state index contributed by atoms with van der Waals surface area (Å²) < 4.78 is 20.8. The van der Waals surface area contributed by atoms with Crippen LogP contribution in [0.5, 0.6) is 5.75 Å². The Labute approximate surface area is 133 Å². The predicted molar refractivity (Wildman–Crippen MR) is 84.7 cm³/mol. The fraction of sp³-hybridized carbons (Fsp3) is 0.375. The molecule has 0 atom stereocenters. The maximum atomic E-state index is 13.7. The summed E-state index contributed by atoms with van der Waals surface area (Å²) in [6, 6.07) is 5.02. The number of hydrogen-bond acceptors (Lipinski definition) is 4. The molecule has 1 aromatic carbocycles. The molecule has 6 heteroatoms. The van der Waals surface area contributed by atoms with Crippen molar-refractivity contribution >= 4 is 11.8 Å². The van der Waals surface area contributed by atoms with E-state index >= 15 is 0 Å². The Morgan fingerprint density at radius 2 is 2.27 bits per heavy atom. The van der Waals surface area contributed by atoms with Crippen LogP contribution >= 0.6 is 11.8 Å². The lowest BCUT2D eigenvalue weighted by Gasteiger charge is -2.08. The van der Waals surface area contributed by atoms with E-state index < -0.39 is 0 Å². The summed E-state index contributed by atoms with van der Waals surface area (Å²) in [5, 5.41) is 9.44. The number of ether oxygens (including phenoxy) is 1. The Morgan fingerprint density at radius 3 is 2.91 bits per heavy atom. The van der Waals surface area contributed by atoms with E-state index in [-0.39, 0.29) is 11.6 Å². The number of methoxy groups -OCH3 is 1. The first-order chi connectivity index (χ1) is 10.7. The minimum Gasteiger partial charge on any atom is -0.494 e. The number of benzene rings is 1. The minimum atomic E-state index is -0.341. The summed E-state index contributed by atoms with van der Waals surface area (Å²) in [5.74, 6) is 2.15. The van der Waals surface area contributed by atoms with Crippen molar-refractivity contribution in [1.29, 1.82) is 0 Å². The second-order valence-electron chi connectivity index (χ2n) is 5.27. The van der Waals surface area contributed by atoms with Crippen LogP contribution in [0.3, 0.4) is 0 Å². The number of allylic oxidation sites excluding steroid dienone is 1. The second-order valence-corrected chi connectivity index (χ2v) is 6.21. The molecule has 0 bridgehead atoms. The maximum Gasteiger partial charge on any atom is 0.191 e. The molecule has 1 saturated carbocycles. The highest BCUT2D eigenvalue weighted by molar-refractivity contribution is 7.98. The average molecular weight is 319 g/mol. The first-order valence-electron chi connectivity index (χ1n) is 7.22. The van der Waals surface area contributed by atoms with Gasteiger partial charge in [-0.15, -0.1) is 16.8 Å². The third-order valence-electron chi connectivity index (χ3n) is 3.58. The largest absolute Gasteiger partial charge is 0.494 e. The van der Waals surface area contributed by atoms with Crippen molar-refractivity contribution in [3.63, 3.8) is 0 Å². The molecule has 0 amide bonds. The van der Waals surface area contributed by atoms with Crippen molar-refractivity contribution in [2.24, 2.45) is 0 Å². The van der Waals surface area contributed by atoms with Crippen molar-refractivity contribution in [3.05, 3.63) is 48.1 Å². The van der Waals surface area contributed by atoms with Gasteiger partial charge in [0, 0.05) is 18.2 Å². The summed E-state index contributed by atoms with van der Waals surface area (Å²) >= 11 is 1.56. The molecule has 116 valence electrons. The third-order valence-corrected chi connectivity index (χ3v) is 4.62. The van der Waals surface area contributed by atoms with Crippen LogP contribution in [0.2, 0.25) is 0 Å².